The average molecular weight is 345 g/mol. The third-order valence-corrected chi connectivity index (χ3v) is 9.32. The number of esters is 1. The van der Waals surface area contributed by atoms with E-state index in [0.29, 0.717) is 13.2 Å². The molecule has 0 spiro atoms. The second-order valence-electron chi connectivity index (χ2n) is 7.62. The van der Waals surface area contributed by atoms with Crippen molar-refractivity contribution in [2.45, 2.75) is 51.9 Å². The van der Waals surface area contributed by atoms with Gasteiger partial charge in [0.05, 0.1) is 12.7 Å². The average Bonchev–Trinajstić information content (AvgIpc) is 2.81. The molecule has 0 heterocycles. The number of ether oxygens (including phenoxy) is 3. The molecular weight excluding hydrogens is 312 g/mol. The predicted octanol–water partition coefficient (Wildman–Crippen LogP) is 3.36. The van der Waals surface area contributed by atoms with E-state index in [2.05, 4.69) is 39.9 Å². The molecule has 3 atom stereocenters. The van der Waals surface area contributed by atoms with Gasteiger partial charge in [-0.1, -0.05) is 32.9 Å². The Balaban J connectivity index is 2.67. The van der Waals surface area contributed by atoms with E-state index in [1.54, 1.807) is 7.11 Å². The van der Waals surface area contributed by atoms with Gasteiger partial charge in [0.1, 0.15) is 6.79 Å². The zero-order valence-corrected chi connectivity index (χ0v) is 16.5. The Morgan fingerprint density at radius 1 is 1.17 bits per heavy atom. The second-order valence-corrected chi connectivity index (χ2v) is 12.4. The Hall–Kier alpha value is -0.693. The van der Waals surface area contributed by atoms with E-state index in [4.69, 9.17) is 18.6 Å². The van der Waals surface area contributed by atoms with Crippen LogP contribution in [0.1, 0.15) is 27.7 Å². The predicted molar refractivity (Wildman–Crippen MR) is 92.7 cm³/mol. The van der Waals surface area contributed by atoms with E-state index in [9.17, 15) is 4.79 Å². The standard InChI is InChI=1S/C17H32O5Si/c1-13(18)20-11-15-14(8-9-16(15)21-12-19-5)10-22-23(6,7)17(2,3)4/h8-9,14-16H,10-12H2,1-7H3/t14-,15+,16-/m0/s1. The van der Waals surface area contributed by atoms with Crippen molar-refractivity contribution in [1.82, 2.24) is 0 Å². The summed E-state index contributed by atoms with van der Waals surface area (Å²) in [4.78, 5) is 11.1. The van der Waals surface area contributed by atoms with E-state index < -0.39 is 8.32 Å². The van der Waals surface area contributed by atoms with Crippen LogP contribution in [0.2, 0.25) is 18.1 Å². The smallest absolute Gasteiger partial charge is 0.302 e. The highest BCUT2D eigenvalue weighted by molar-refractivity contribution is 6.74. The van der Waals surface area contributed by atoms with Gasteiger partial charge >= 0.3 is 5.97 Å². The van der Waals surface area contributed by atoms with Crippen LogP contribution in [-0.2, 0) is 23.4 Å². The molecule has 23 heavy (non-hydrogen) atoms. The molecular formula is C17H32O5Si. The first kappa shape index (κ1) is 20.4. The number of methoxy groups -OCH3 is 1. The van der Waals surface area contributed by atoms with Gasteiger partial charge < -0.3 is 18.6 Å². The van der Waals surface area contributed by atoms with Gasteiger partial charge in [0.2, 0.25) is 0 Å². The van der Waals surface area contributed by atoms with Crippen molar-refractivity contribution >= 4 is 14.3 Å². The van der Waals surface area contributed by atoms with E-state index in [1.165, 1.54) is 6.92 Å². The van der Waals surface area contributed by atoms with E-state index in [-0.39, 0.29) is 35.7 Å². The molecule has 0 saturated heterocycles. The topological polar surface area (TPSA) is 54.0 Å². The van der Waals surface area contributed by atoms with Gasteiger partial charge in [-0.3, -0.25) is 4.79 Å². The normalized spacial score (nSPS) is 24.9. The van der Waals surface area contributed by atoms with Gasteiger partial charge in [-0.2, -0.15) is 0 Å². The second kappa shape index (κ2) is 8.42. The Bertz CT molecular complexity index is 414. The minimum Gasteiger partial charge on any atom is -0.465 e. The molecule has 0 unspecified atom stereocenters. The van der Waals surface area contributed by atoms with Gasteiger partial charge in [0.25, 0.3) is 0 Å². The third-order valence-electron chi connectivity index (χ3n) is 4.82. The van der Waals surface area contributed by atoms with Crippen molar-refractivity contribution in [3.05, 3.63) is 12.2 Å². The lowest BCUT2D eigenvalue weighted by Crippen LogP contribution is -2.43. The van der Waals surface area contributed by atoms with Crippen LogP contribution in [0.25, 0.3) is 0 Å². The van der Waals surface area contributed by atoms with Gasteiger partial charge in [-0.25, -0.2) is 0 Å². The first-order valence-electron chi connectivity index (χ1n) is 8.14. The summed E-state index contributed by atoms with van der Waals surface area (Å²) in [6.45, 7) is 13.8. The number of rotatable bonds is 8. The number of hydrogen-bond acceptors (Lipinski definition) is 5. The maximum atomic E-state index is 11.1. The lowest BCUT2D eigenvalue weighted by Gasteiger charge is -2.37. The highest BCUT2D eigenvalue weighted by atomic mass is 28.4. The molecule has 0 fully saturated rings. The lowest BCUT2D eigenvalue weighted by molar-refractivity contribution is -0.145. The summed E-state index contributed by atoms with van der Waals surface area (Å²) in [5.41, 5.74) is 0. The summed E-state index contributed by atoms with van der Waals surface area (Å²) in [6.07, 6.45) is 4.02. The highest BCUT2D eigenvalue weighted by Gasteiger charge is 2.40. The molecule has 0 N–H and O–H groups in total. The van der Waals surface area contributed by atoms with Crippen LogP contribution in [0, 0.1) is 11.8 Å². The molecule has 0 aromatic rings. The largest absolute Gasteiger partial charge is 0.465 e. The van der Waals surface area contributed by atoms with Crippen LogP contribution < -0.4 is 0 Å². The molecule has 0 saturated carbocycles. The molecule has 134 valence electrons. The summed E-state index contributed by atoms with van der Waals surface area (Å²) in [5, 5.41) is 0.173. The molecule has 1 aliphatic carbocycles. The SMILES string of the molecule is COCO[C@H]1C=C[C@@H](CO[Si](C)(C)C(C)(C)C)[C@H]1COC(C)=O. The fraction of sp³-hybridized carbons (Fsp3) is 0.824. The summed E-state index contributed by atoms with van der Waals surface area (Å²) >= 11 is 0. The van der Waals surface area contributed by atoms with Crippen molar-refractivity contribution in [1.29, 1.82) is 0 Å². The van der Waals surface area contributed by atoms with Crippen LogP contribution in [0.15, 0.2) is 12.2 Å². The Labute approximate surface area is 141 Å². The molecule has 0 bridgehead atoms. The summed E-state index contributed by atoms with van der Waals surface area (Å²) < 4.78 is 22.2. The van der Waals surface area contributed by atoms with E-state index >= 15 is 0 Å². The van der Waals surface area contributed by atoms with Crippen molar-refractivity contribution in [2.75, 3.05) is 27.1 Å². The monoisotopic (exact) mass is 344 g/mol. The molecule has 1 aliphatic rings. The fourth-order valence-electron chi connectivity index (χ4n) is 2.24. The Morgan fingerprint density at radius 3 is 2.35 bits per heavy atom. The molecule has 0 aromatic heterocycles. The quantitative estimate of drug-likeness (QED) is 0.292. The molecule has 0 radical (unpaired) electrons. The molecule has 5 nitrogen and oxygen atoms in total. The molecule has 6 heteroatoms. The fourth-order valence-corrected chi connectivity index (χ4v) is 3.28. The number of carbonyl (C=O) groups excluding carboxylic acids is 1. The molecule has 0 aliphatic heterocycles. The van der Waals surface area contributed by atoms with E-state index in [0.717, 1.165) is 0 Å². The van der Waals surface area contributed by atoms with Crippen molar-refractivity contribution in [3.63, 3.8) is 0 Å². The van der Waals surface area contributed by atoms with Crippen molar-refractivity contribution < 1.29 is 23.4 Å². The van der Waals surface area contributed by atoms with Crippen LogP contribution in [0.5, 0.6) is 0 Å². The zero-order valence-electron chi connectivity index (χ0n) is 15.5. The third kappa shape index (κ3) is 6.03. The summed E-state index contributed by atoms with van der Waals surface area (Å²) in [7, 11) is -0.206. The van der Waals surface area contributed by atoms with Crippen molar-refractivity contribution in [3.8, 4) is 0 Å². The van der Waals surface area contributed by atoms with Crippen LogP contribution in [-0.4, -0.2) is 47.5 Å². The highest BCUT2D eigenvalue weighted by Crippen LogP contribution is 2.38. The Morgan fingerprint density at radius 2 is 1.83 bits per heavy atom. The van der Waals surface area contributed by atoms with Gasteiger partial charge in [0.15, 0.2) is 8.32 Å². The van der Waals surface area contributed by atoms with Gasteiger partial charge in [-0.15, -0.1) is 0 Å². The Kier molecular flexibility index (Phi) is 7.45. The molecule has 0 amide bonds. The molecule has 0 aromatic carbocycles. The first-order chi connectivity index (χ1) is 10.6. The van der Waals surface area contributed by atoms with Crippen molar-refractivity contribution in [2.24, 2.45) is 11.8 Å². The van der Waals surface area contributed by atoms with Gasteiger partial charge in [0, 0.05) is 32.5 Å². The maximum absolute atomic E-state index is 11.1. The number of carbonyl (C=O) groups is 1. The molecule has 1 rings (SSSR count). The summed E-state index contributed by atoms with van der Waals surface area (Å²) in [6, 6.07) is 0. The minimum atomic E-state index is -1.80. The lowest BCUT2D eigenvalue weighted by atomic mass is 9.95. The first-order valence-corrected chi connectivity index (χ1v) is 11.1. The van der Waals surface area contributed by atoms with E-state index in [1.807, 2.05) is 6.08 Å². The summed E-state index contributed by atoms with van der Waals surface area (Å²) in [5.74, 6) is -0.0180. The van der Waals surface area contributed by atoms with Crippen LogP contribution in [0.3, 0.4) is 0 Å². The minimum absolute atomic E-state index is 0.0684. The van der Waals surface area contributed by atoms with Gasteiger partial charge in [-0.05, 0) is 18.1 Å². The van der Waals surface area contributed by atoms with Crippen LogP contribution >= 0.6 is 0 Å². The van der Waals surface area contributed by atoms with Crippen LogP contribution in [0.4, 0.5) is 0 Å². The maximum Gasteiger partial charge on any atom is 0.302 e. The zero-order chi connectivity index (χ0) is 17.7. The number of hydrogen-bond donors (Lipinski definition) is 0.